The molecule has 8 heteroatoms. The number of carbonyl (C=O) groups excluding carboxylic acids is 1. The highest BCUT2D eigenvalue weighted by molar-refractivity contribution is 7.99. The van der Waals surface area contributed by atoms with E-state index in [1.165, 1.54) is 11.8 Å². The molecule has 0 radical (unpaired) electrons. The Morgan fingerprint density at radius 3 is 2.84 bits per heavy atom. The Hall–Kier alpha value is -2.74. The molecule has 0 fully saturated rings. The van der Waals surface area contributed by atoms with Gasteiger partial charge in [0.15, 0.2) is 22.3 Å². The second-order valence-electron chi connectivity index (χ2n) is 5.17. The number of aromatic amines is 1. The third-order valence-corrected chi connectivity index (χ3v) is 4.39. The van der Waals surface area contributed by atoms with Crippen LogP contribution in [0.25, 0.3) is 11.2 Å². The summed E-state index contributed by atoms with van der Waals surface area (Å²) >= 11 is 1.34. The van der Waals surface area contributed by atoms with Gasteiger partial charge in [0.1, 0.15) is 0 Å². The van der Waals surface area contributed by atoms with Gasteiger partial charge in [0.25, 0.3) is 0 Å². The number of benzene rings is 1. The van der Waals surface area contributed by atoms with Crippen molar-refractivity contribution in [2.75, 3.05) is 20.0 Å². The molecule has 7 nitrogen and oxygen atoms in total. The summed E-state index contributed by atoms with van der Waals surface area (Å²) in [6.07, 6.45) is 1.69. The van der Waals surface area contributed by atoms with Crippen LogP contribution in [0.1, 0.15) is 5.56 Å². The van der Waals surface area contributed by atoms with Gasteiger partial charge in [0.05, 0.1) is 25.5 Å². The fraction of sp³-hybridized carbons (Fsp3) is 0.235. The van der Waals surface area contributed by atoms with E-state index >= 15 is 0 Å². The lowest BCUT2D eigenvalue weighted by Crippen LogP contribution is -2.24. The Morgan fingerprint density at radius 1 is 1.24 bits per heavy atom. The standard InChI is InChI=1S/C17H18N4O3S/c1-23-13-6-5-11(8-14(13)24-2)9-19-15(22)10-25-17-20-12-4-3-7-18-16(12)21-17/h3-8H,9-10H2,1-2H3,(H,19,22)(H,18,20,21). The van der Waals surface area contributed by atoms with Crippen LogP contribution in [0.4, 0.5) is 0 Å². The van der Waals surface area contributed by atoms with Gasteiger partial charge in [-0.25, -0.2) is 9.97 Å². The first-order valence-corrected chi connectivity index (χ1v) is 8.59. The van der Waals surface area contributed by atoms with Gasteiger partial charge < -0.3 is 19.8 Å². The van der Waals surface area contributed by atoms with Gasteiger partial charge in [-0.3, -0.25) is 4.79 Å². The van der Waals surface area contributed by atoms with Crippen LogP contribution in [0.5, 0.6) is 11.5 Å². The van der Waals surface area contributed by atoms with Crippen LogP contribution in [0.2, 0.25) is 0 Å². The number of hydrogen-bond acceptors (Lipinski definition) is 6. The molecule has 2 N–H and O–H groups in total. The highest BCUT2D eigenvalue weighted by Gasteiger charge is 2.09. The molecule has 1 amide bonds. The lowest BCUT2D eigenvalue weighted by molar-refractivity contribution is -0.118. The maximum Gasteiger partial charge on any atom is 0.230 e. The van der Waals surface area contributed by atoms with Crippen LogP contribution in [0, 0.1) is 0 Å². The minimum absolute atomic E-state index is 0.0757. The zero-order chi connectivity index (χ0) is 17.6. The van der Waals surface area contributed by atoms with Crippen molar-refractivity contribution in [1.82, 2.24) is 20.3 Å². The van der Waals surface area contributed by atoms with E-state index < -0.39 is 0 Å². The minimum atomic E-state index is -0.0757. The number of aromatic nitrogens is 3. The van der Waals surface area contributed by atoms with Crippen molar-refractivity contribution in [1.29, 1.82) is 0 Å². The number of amides is 1. The van der Waals surface area contributed by atoms with Crippen molar-refractivity contribution in [3.63, 3.8) is 0 Å². The number of ether oxygens (including phenoxy) is 2. The molecular weight excluding hydrogens is 340 g/mol. The lowest BCUT2D eigenvalue weighted by Gasteiger charge is -2.10. The molecule has 0 saturated carbocycles. The highest BCUT2D eigenvalue weighted by atomic mass is 32.2. The van der Waals surface area contributed by atoms with Crippen LogP contribution in [-0.4, -0.2) is 40.8 Å². The number of carbonyl (C=O) groups is 1. The molecule has 2 aromatic heterocycles. The number of pyridine rings is 1. The van der Waals surface area contributed by atoms with E-state index in [1.807, 2.05) is 30.3 Å². The summed E-state index contributed by atoms with van der Waals surface area (Å²) < 4.78 is 10.5. The van der Waals surface area contributed by atoms with Gasteiger partial charge in [-0.15, -0.1) is 0 Å². The predicted molar refractivity (Wildman–Crippen MR) is 96.0 cm³/mol. The molecule has 0 aliphatic carbocycles. The second-order valence-corrected chi connectivity index (χ2v) is 6.14. The van der Waals surface area contributed by atoms with Gasteiger partial charge in [-0.1, -0.05) is 17.8 Å². The first kappa shape index (κ1) is 17.1. The van der Waals surface area contributed by atoms with Crippen LogP contribution < -0.4 is 14.8 Å². The Bertz CT molecular complexity index is 848. The van der Waals surface area contributed by atoms with Gasteiger partial charge in [0.2, 0.25) is 5.91 Å². The highest BCUT2D eigenvalue weighted by Crippen LogP contribution is 2.27. The molecule has 0 saturated heterocycles. The number of nitrogens with one attached hydrogen (secondary N) is 2. The van der Waals surface area contributed by atoms with Crippen LogP contribution in [0.15, 0.2) is 41.7 Å². The normalized spacial score (nSPS) is 10.6. The molecule has 0 aliphatic heterocycles. The van der Waals surface area contributed by atoms with Crippen LogP contribution in [0.3, 0.4) is 0 Å². The lowest BCUT2D eigenvalue weighted by atomic mass is 10.2. The minimum Gasteiger partial charge on any atom is -0.493 e. The summed E-state index contributed by atoms with van der Waals surface area (Å²) in [7, 11) is 3.17. The summed E-state index contributed by atoms with van der Waals surface area (Å²) in [5.41, 5.74) is 2.44. The fourth-order valence-corrected chi connectivity index (χ4v) is 2.97. The molecule has 130 valence electrons. The van der Waals surface area contributed by atoms with Gasteiger partial charge >= 0.3 is 0 Å². The van der Waals surface area contributed by atoms with Crippen LogP contribution >= 0.6 is 11.8 Å². The molecule has 1 aromatic carbocycles. The number of H-pyrrole nitrogens is 1. The molecule has 25 heavy (non-hydrogen) atoms. The zero-order valence-corrected chi connectivity index (χ0v) is 14.7. The van der Waals surface area contributed by atoms with E-state index in [2.05, 4.69) is 20.3 Å². The predicted octanol–water partition coefficient (Wildman–Crippen LogP) is 2.38. The number of thioether (sulfide) groups is 1. The Kier molecular flexibility index (Phi) is 5.39. The van der Waals surface area contributed by atoms with E-state index in [9.17, 15) is 4.79 Å². The quantitative estimate of drug-likeness (QED) is 0.631. The molecule has 0 spiro atoms. The van der Waals surface area contributed by atoms with Crippen molar-refractivity contribution in [2.24, 2.45) is 0 Å². The first-order chi connectivity index (χ1) is 12.2. The molecule has 2 heterocycles. The molecule has 0 bridgehead atoms. The number of imidazole rings is 1. The average molecular weight is 358 g/mol. The molecule has 3 rings (SSSR count). The topological polar surface area (TPSA) is 89.1 Å². The average Bonchev–Trinajstić information content (AvgIpc) is 3.07. The number of rotatable bonds is 7. The third-order valence-electron chi connectivity index (χ3n) is 3.51. The number of fused-ring (bicyclic) bond motifs is 1. The molecule has 0 atom stereocenters. The van der Waals surface area contributed by atoms with E-state index in [4.69, 9.17) is 9.47 Å². The van der Waals surface area contributed by atoms with Gasteiger partial charge in [-0.2, -0.15) is 0 Å². The number of methoxy groups -OCH3 is 2. The Balaban J connectivity index is 1.52. The Morgan fingerprint density at radius 2 is 2.08 bits per heavy atom. The molecule has 0 unspecified atom stereocenters. The van der Waals surface area contributed by atoms with Crippen molar-refractivity contribution < 1.29 is 14.3 Å². The number of nitrogens with zero attached hydrogens (tertiary/aromatic N) is 2. The third kappa shape index (κ3) is 4.21. The number of hydrogen-bond donors (Lipinski definition) is 2. The monoisotopic (exact) mass is 358 g/mol. The molecule has 0 aliphatic rings. The Labute approximate surface area is 149 Å². The maximum atomic E-state index is 12.0. The van der Waals surface area contributed by atoms with Crippen molar-refractivity contribution in [2.45, 2.75) is 11.7 Å². The summed E-state index contributed by atoms with van der Waals surface area (Å²) in [5, 5.41) is 3.55. The van der Waals surface area contributed by atoms with Crippen molar-refractivity contribution in [3.8, 4) is 11.5 Å². The van der Waals surface area contributed by atoms with Crippen molar-refractivity contribution >= 4 is 28.8 Å². The largest absolute Gasteiger partial charge is 0.493 e. The SMILES string of the molecule is COc1ccc(CNC(=O)CSc2nc3ncccc3[nH]2)cc1OC. The summed E-state index contributed by atoms with van der Waals surface area (Å²) in [5.74, 6) is 1.49. The van der Waals surface area contributed by atoms with E-state index in [-0.39, 0.29) is 11.7 Å². The maximum absolute atomic E-state index is 12.0. The zero-order valence-electron chi connectivity index (χ0n) is 13.9. The molecule has 3 aromatic rings. The van der Waals surface area contributed by atoms with E-state index in [0.717, 1.165) is 11.1 Å². The summed E-state index contributed by atoms with van der Waals surface area (Å²) in [4.78, 5) is 23.7. The van der Waals surface area contributed by atoms with Crippen molar-refractivity contribution in [3.05, 3.63) is 42.1 Å². The first-order valence-electron chi connectivity index (χ1n) is 7.60. The summed E-state index contributed by atoms with van der Waals surface area (Å²) in [6.45, 7) is 0.418. The van der Waals surface area contributed by atoms with Gasteiger partial charge in [-0.05, 0) is 29.8 Å². The van der Waals surface area contributed by atoms with Gasteiger partial charge in [0, 0.05) is 12.7 Å². The van der Waals surface area contributed by atoms with E-state index in [0.29, 0.717) is 28.8 Å². The smallest absolute Gasteiger partial charge is 0.230 e. The van der Waals surface area contributed by atoms with E-state index in [1.54, 1.807) is 20.4 Å². The van der Waals surface area contributed by atoms with Crippen LogP contribution in [-0.2, 0) is 11.3 Å². The molecular formula is C17H18N4O3S. The second kappa shape index (κ2) is 7.89. The fourth-order valence-electron chi connectivity index (χ4n) is 2.27. The summed E-state index contributed by atoms with van der Waals surface area (Å²) in [6, 6.07) is 9.29.